The fourth-order valence-electron chi connectivity index (χ4n) is 1.74. The number of anilines is 1. The SMILES string of the molecule is C=CC(=O)NCCCCOCCNc1ccccc1C. The van der Waals surface area contributed by atoms with E-state index in [4.69, 9.17) is 4.74 Å². The molecule has 0 bridgehead atoms. The summed E-state index contributed by atoms with van der Waals surface area (Å²) in [6.45, 7) is 8.37. The van der Waals surface area contributed by atoms with E-state index in [1.54, 1.807) is 0 Å². The minimum absolute atomic E-state index is 0.117. The van der Waals surface area contributed by atoms with Crippen LogP contribution in [-0.4, -0.2) is 32.2 Å². The number of carbonyl (C=O) groups excluding carboxylic acids is 1. The highest BCUT2D eigenvalue weighted by Gasteiger charge is 1.96. The lowest BCUT2D eigenvalue weighted by molar-refractivity contribution is -0.116. The van der Waals surface area contributed by atoms with Gasteiger partial charge in [0, 0.05) is 25.4 Å². The van der Waals surface area contributed by atoms with Gasteiger partial charge in [0.15, 0.2) is 0 Å². The summed E-state index contributed by atoms with van der Waals surface area (Å²) >= 11 is 0. The van der Waals surface area contributed by atoms with Gasteiger partial charge in [0.1, 0.15) is 0 Å². The summed E-state index contributed by atoms with van der Waals surface area (Å²) in [6.07, 6.45) is 3.15. The van der Waals surface area contributed by atoms with E-state index in [0.29, 0.717) is 13.2 Å². The molecule has 0 fully saturated rings. The van der Waals surface area contributed by atoms with Gasteiger partial charge in [-0.3, -0.25) is 4.79 Å². The molecule has 0 aliphatic carbocycles. The fourth-order valence-corrected chi connectivity index (χ4v) is 1.74. The zero-order chi connectivity index (χ0) is 14.6. The molecule has 1 amide bonds. The van der Waals surface area contributed by atoms with E-state index >= 15 is 0 Å². The van der Waals surface area contributed by atoms with E-state index in [-0.39, 0.29) is 5.91 Å². The van der Waals surface area contributed by atoms with Gasteiger partial charge >= 0.3 is 0 Å². The van der Waals surface area contributed by atoms with Crippen molar-refractivity contribution in [2.75, 3.05) is 31.6 Å². The second kappa shape index (κ2) is 10.0. The number of aryl methyl sites for hydroxylation is 1. The molecule has 110 valence electrons. The highest BCUT2D eigenvalue weighted by molar-refractivity contribution is 5.86. The molecule has 0 saturated heterocycles. The zero-order valence-electron chi connectivity index (χ0n) is 12.2. The summed E-state index contributed by atoms with van der Waals surface area (Å²) < 4.78 is 5.53. The molecule has 0 atom stereocenters. The van der Waals surface area contributed by atoms with Gasteiger partial charge in [0.05, 0.1) is 6.61 Å². The van der Waals surface area contributed by atoms with Crippen LogP contribution in [0.1, 0.15) is 18.4 Å². The first kappa shape index (κ1) is 16.2. The van der Waals surface area contributed by atoms with Gasteiger partial charge in [-0.2, -0.15) is 0 Å². The van der Waals surface area contributed by atoms with Crippen LogP contribution in [0.2, 0.25) is 0 Å². The van der Waals surface area contributed by atoms with Crippen LogP contribution in [0.3, 0.4) is 0 Å². The Labute approximate surface area is 121 Å². The van der Waals surface area contributed by atoms with Gasteiger partial charge in [-0.25, -0.2) is 0 Å². The van der Waals surface area contributed by atoms with Crippen molar-refractivity contribution in [3.05, 3.63) is 42.5 Å². The first-order valence-corrected chi connectivity index (χ1v) is 7.01. The van der Waals surface area contributed by atoms with E-state index in [1.807, 2.05) is 12.1 Å². The van der Waals surface area contributed by atoms with Crippen molar-refractivity contribution in [3.63, 3.8) is 0 Å². The fraction of sp³-hybridized carbons (Fsp3) is 0.438. The maximum absolute atomic E-state index is 10.9. The number of carbonyl (C=O) groups is 1. The van der Waals surface area contributed by atoms with Crippen molar-refractivity contribution in [3.8, 4) is 0 Å². The lowest BCUT2D eigenvalue weighted by Crippen LogP contribution is -2.22. The predicted octanol–water partition coefficient (Wildman–Crippen LogP) is 2.51. The molecule has 0 spiro atoms. The van der Waals surface area contributed by atoms with Crippen LogP contribution >= 0.6 is 0 Å². The van der Waals surface area contributed by atoms with E-state index in [2.05, 4.69) is 36.3 Å². The molecule has 0 unspecified atom stereocenters. The molecular formula is C16H24N2O2. The summed E-state index contributed by atoms with van der Waals surface area (Å²) in [5.41, 5.74) is 2.40. The Morgan fingerprint density at radius 2 is 2.05 bits per heavy atom. The lowest BCUT2D eigenvalue weighted by atomic mass is 10.2. The molecule has 0 aliphatic rings. The Balaban J connectivity index is 1.94. The average molecular weight is 276 g/mol. The minimum Gasteiger partial charge on any atom is -0.383 e. The van der Waals surface area contributed by atoms with Gasteiger partial charge in [0.25, 0.3) is 0 Å². The molecule has 2 N–H and O–H groups in total. The minimum atomic E-state index is -0.117. The second-order valence-corrected chi connectivity index (χ2v) is 4.56. The maximum atomic E-state index is 10.9. The van der Waals surface area contributed by atoms with Crippen LogP contribution in [0.15, 0.2) is 36.9 Å². The molecule has 20 heavy (non-hydrogen) atoms. The van der Waals surface area contributed by atoms with Crippen LogP contribution in [0.5, 0.6) is 0 Å². The normalized spacial score (nSPS) is 10.1. The number of benzene rings is 1. The third kappa shape index (κ3) is 6.95. The van der Waals surface area contributed by atoms with Crippen molar-refractivity contribution >= 4 is 11.6 Å². The van der Waals surface area contributed by atoms with Crippen molar-refractivity contribution < 1.29 is 9.53 Å². The molecule has 0 radical (unpaired) electrons. The zero-order valence-corrected chi connectivity index (χ0v) is 12.2. The molecule has 4 heteroatoms. The topological polar surface area (TPSA) is 50.4 Å². The van der Waals surface area contributed by atoms with Crippen LogP contribution in [0.4, 0.5) is 5.69 Å². The summed E-state index contributed by atoms with van der Waals surface area (Å²) in [5.74, 6) is -0.117. The predicted molar refractivity (Wildman–Crippen MR) is 82.9 cm³/mol. The van der Waals surface area contributed by atoms with Gasteiger partial charge in [0.2, 0.25) is 5.91 Å². The molecular weight excluding hydrogens is 252 g/mol. The number of rotatable bonds is 10. The largest absolute Gasteiger partial charge is 0.383 e. The summed E-state index contributed by atoms with van der Waals surface area (Å²) in [4.78, 5) is 10.9. The Hall–Kier alpha value is -1.81. The van der Waals surface area contributed by atoms with Gasteiger partial charge in [-0.1, -0.05) is 24.8 Å². The van der Waals surface area contributed by atoms with E-state index in [1.165, 1.54) is 11.6 Å². The summed E-state index contributed by atoms with van der Waals surface area (Å²) in [6, 6.07) is 8.20. The molecule has 1 aromatic carbocycles. The van der Waals surface area contributed by atoms with Crippen LogP contribution in [0.25, 0.3) is 0 Å². The molecule has 0 aliphatic heterocycles. The smallest absolute Gasteiger partial charge is 0.243 e. The van der Waals surface area contributed by atoms with Crippen LogP contribution in [-0.2, 0) is 9.53 Å². The lowest BCUT2D eigenvalue weighted by Gasteiger charge is -2.09. The summed E-state index contributed by atoms with van der Waals surface area (Å²) in [5, 5.41) is 6.08. The number of amides is 1. The maximum Gasteiger partial charge on any atom is 0.243 e. The van der Waals surface area contributed by atoms with Crippen molar-refractivity contribution in [1.29, 1.82) is 0 Å². The quantitative estimate of drug-likeness (QED) is 0.510. The molecule has 0 heterocycles. The highest BCUT2D eigenvalue weighted by atomic mass is 16.5. The second-order valence-electron chi connectivity index (χ2n) is 4.56. The van der Waals surface area contributed by atoms with E-state index in [9.17, 15) is 4.79 Å². The first-order chi connectivity index (χ1) is 9.74. The Morgan fingerprint density at radius 3 is 2.80 bits per heavy atom. The van der Waals surface area contributed by atoms with Gasteiger partial charge in [-0.15, -0.1) is 0 Å². The third-order valence-corrected chi connectivity index (χ3v) is 2.91. The molecule has 0 aromatic heterocycles. The number of hydrogen-bond donors (Lipinski definition) is 2. The number of ether oxygens (including phenoxy) is 1. The number of nitrogens with one attached hydrogen (secondary N) is 2. The molecule has 4 nitrogen and oxygen atoms in total. The van der Waals surface area contributed by atoms with Crippen molar-refractivity contribution in [2.24, 2.45) is 0 Å². The number of unbranched alkanes of at least 4 members (excludes halogenated alkanes) is 1. The van der Waals surface area contributed by atoms with Crippen molar-refractivity contribution in [1.82, 2.24) is 5.32 Å². The first-order valence-electron chi connectivity index (χ1n) is 7.01. The standard InChI is InChI=1S/C16H24N2O2/c1-3-16(19)18-10-6-7-12-20-13-11-17-15-9-5-4-8-14(15)2/h3-5,8-9,17H,1,6-7,10-13H2,2H3,(H,18,19). The van der Waals surface area contributed by atoms with Crippen LogP contribution < -0.4 is 10.6 Å². The Kier molecular flexibility index (Phi) is 8.15. The van der Waals surface area contributed by atoms with E-state index in [0.717, 1.165) is 31.7 Å². The van der Waals surface area contributed by atoms with E-state index < -0.39 is 0 Å². The highest BCUT2D eigenvalue weighted by Crippen LogP contribution is 2.12. The third-order valence-electron chi connectivity index (χ3n) is 2.91. The molecule has 1 rings (SSSR count). The Bertz CT molecular complexity index is 419. The number of para-hydroxylation sites is 1. The Morgan fingerprint density at radius 1 is 1.25 bits per heavy atom. The molecule has 0 saturated carbocycles. The monoisotopic (exact) mass is 276 g/mol. The summed E-state index contributed by atoms with van der Waals surface area (Å²) in [7, 11) is 0. The van der Waals surface area contributed by atoms with Gasteiger partial charge < -0.3 is 15.4 Å². The number of hydrogen-bond acceptors (Lipinski definition) is 3. The van der Waals surface area contributed by atoms with Crippen molar-refractivity contribution in [2.45, 2.75) is 19.8 Å². The van der Waals surface area contributed by atoms with Crippen LogP contribution in [0, 0.1) is 6.92 Å². The van der Waals surface area contributed by atoms with Gasteiger partial charge in [-0.05, 0) is 37.5 Å². The molecule has 1 aromatic rings. The average Bonchev–Trinajstić information content (AvgIpc) is 2.47.